The molecule has 3 aromatic rings. The van der Waals surface area contributed by atoms with Crippen molar-refractivity contribution in [3.05, 3.63) is 54.1 Å². The topological polar surface area (TPSA) is 105 Å². The molecule has 2 aromatic carbocycles. The smallest absolute Gasteiger partial charge is 0.319 e. The molecule has 4 rings (SSSR count). The van der Waals surface area contributed by atoms with Crippen LogP contribution in [0, 0.1) is 0 Å². The highest BCUT2D eigenvalue weighted by Crippen LogP contribution is 2.36. The molecule has 3 N–H and O–H groups in total. The van der Waals surface area contributed by atoms with Crippen LogP contribution in [0.3, 0.4) is 0 Å². The first-order valence-electron chi connectivity index (χ1n) is 9.82. The quantitative estimate of drug-likeness (QED) is 0.570. The number of carbonyl (C=O) groups is 1. The first-order valence-corrected chi connectivity index (χ1v) is 9.82. The number of phenolic OH excluding ortho intramolecular Hbond substituents is 1. The number of hydrogen-bond acceptors (Lipinski definition) is 5. The molecule has 1 saturated carbocycles. The number of aryl methyl sites for hydroxylation is 1. The summed E-state index contributed by atoms with van der Waals surface area (Å²) in [6.45, 7) is 1.97. The number of rotatable bonds is 7. The number of urea groups is 1. The molecule has 1 aromatic heterocycles. The number of tetrazole rings is 1. The third-order valence-corrected chi connectivity index (χ3v) is 4.97. The Labute approximate surface area is 168 Å². The number of aromatic hydroxyl groups is 1. The number of hydrogen-bond donors (Lipinski definition) is 3. The van der Waals surface area contributed by atoms with Crippen LogP contribution in [-0.4, -0.2) is 37.4 Å². The minimum absolute atomic E-state index is 0.0197. The third-order valence-electron chi connectivity index (χ3n) is 4.97. The molecule has 0 bridgehead atoms. The molecule has 0 spiro atoms. The normalized spacial score (nSPS) is 14.4. The van der Waals surface area contributed by atoms with E-state index in [2.05, 4.69) is 26.2 Å². The van der Waals surface area contributed by atoms with Crippen molar-refractivity contribution < 1.29 is 9.90 Å². The second kappa shape index (κ2) is 8.30. The monoisotopic (exact) mass is 392 g/mol. The Morgan fingerprint density at radius 1 is 1.17 bits per heavy atom. The predicted octanol–water partition coefficient (Wildman–Crippen LogP) is 3.52. The third kappa shape index (κ3) is 4.90. The molecule has 1 fully saturated rings. The maximum atomic E-state index is 12.3. The van der Waals surface area contributed by atoms with Crippen molar-refractivity contribution in [2.45, 2.75) is 44.7 Å². The molecule has 0 radical (unpaired) electrons. The molecular weight excluding hydrogens is 368 g/mol. The van der Waals surface area contributed by atoms with E-state index in [0.29, 0.717) is 11.7 Å². The van der Waals surface area contributed by atoms with Gasteiger partial charge in [-0.3, -0.25) is 0 Å². The van der Waals surface area contributed by atoms with Crippen LogP contribution < -0.4 is 10.6 Å². The van der Waals surface area contributed by atoms with Gasteiger partial charge in [0, 0.05) is 17.3 Å². The first-order chi connectivity index (χ1) is 14.1. The summed E-state index contributed by atoms with van der Waals surface area (Å²) in [5, 5.41) is 27.1. The summed E-state index contributed by atoms with van der Waals surface area (Å²) >= 11 is 0. The highest BCUT2D eigenvalue weighted by Gasteiger charge is 2.28. The lowest BCUT2D eigenvalue weighted by Crippen LogP contribution is -2.36. The van der Waals surface area contributed by atoms with Gasteiger partial charge in [0.15, 0.2) is 5.82 Å². The number of nitrogens with zero attached hydrogens (tertiary/aromatic N) is 4. The molecule has 1 aliphatic rings. The summed E-state index contributed by atoms with van der Waals surface area (Å²) in [6.07, 6.45) is 3.86. The van der Waals surface area contributed by atoms with E-state index in [9.17, 15) is 9.90 Å². The van der Waals surface area contributed by atoms with Crippen LogP contribution >= 0.6 is 0 Å². The van der Waals surface area contributed by atoms with E-state index < -0.39 is 0 Å². The Morgan fingerprint density at radius 2 is 1.90 bits per heavy atom. The largest absolute Gasteiger partial charge is 0.508 e. The van der Waals surface area contributed by atoms with Gasteiger partial charge in [0.2, 0.25) is 0 Å². The van der Waals surface area contributed by atoms with Gasteiger partial charge < -0.3 is 15.7 Å². The Balaban J connectivity index is 1.28. The summed E-state index contributed by atoms with van der Waals surface area (Å²) in [5.74, 6) is 1.01. The summed E-state index contributed by atoms with van der Waals surface area (Å²) in [7, 11) is 0. The van der Waals surface area contributed by atoms with Gasteiger partial charge in [0.05, 0.1) is 6.04 Å². The van der Waals surface area contributed by atoms with E-state index in [1.807, 2.05) is 48.0 Å². The van der Waals surface area contributed by atoms with Gasteiger partial charge in [-0.1, -0.05) is 12.1 Å². The SMILES string of the molecule is C[C@@H](CCc1ccc(O)cc1)NC(=O)Nc1ccc(-c2nnnn2C2CC2)cc1. The lowest BCUT2D eigenvalue weighted by Gasteiger charge is -2.15. The molecule has 0 saturated heterocycles. The van der Waals surface area contributed by atoms with Gasteiger partial charge in [-0.05, 0) is 85.0 Å². The highest BCUT2D eigenvalue weighted by atomic mass is 16.3. The van der Waals surface area contributed by atoms with E-state index in [1.165, 1.54) is 0 Å². The molecule has 29 heavy (non-hydrogen) atoms. The summed E-state index contributed by atoms with van der Waals surface area (Å²) in [6, 6.07) is 14.8. The molecule has 8 heteroatoms. The van der Waals surface area contributed by atoms with E-state index in [0.717, 1.165) is 42.6 Å². The van der Waals surface area contributed by atoms with E-state index in [4.69, 9.17) is 0 Å². The maximum Gasteiger partial charge on any atom is 0.319 e. The summed E-state index contributed by atoms with van der Waals surface area (Å²) in [5.41, 5.74) is 2.76. The molecular formula is C21H24N6O2. The van der Waals surface area contributed by atoms with Crippen LogP contribution in [0.4, 0.5) is 10.5 Å². The molecule has 1 atom stereocenters. The average molecular weight is 392 g/mol. The van der Waals surface area contributed by atoms with Gasteiger partial charge in [0.1, 0.15) is 5.75 Å². The number of benzene rings is 2. The van der Waals surface area contributed by atoms with Gasteiger partial charge in [0.25, 0.3) is 0 Å². The van der Waals surface area contributed by atoms with Crippen molar-refractivity contribution in [2.75, 3.05) is 5.32 Å². The molecule has 150 valence electrons. The Kier molecular flexibility index (Phi) is 5.41. The predicted molar refractivity (Wildman–Crippen MR) is 110 cm³/mol. The highest BCUT2D eigenvalue weighted by molar-refractivity contribution is 5.89. The molecule has 0 unspecified atom stereocenters. The van der Waals surface area contributed by atoms with Gasteiger partial charge in [-0.25, -0.2) is 9.48 Å². The van der Waals surface area contributed by atoms with Gasteiger partial charge in [-0.15, -0.1) is 5.10 Å². The fourth-order valence-corrected chi connectivity index (χ4v) is 3.16. The number of phenols is 1. The number of nitrogens with one attached hydrogen (secondary N) is 2. The van der Waals surface area contributed by atoms with Crippen LogP contribution in [-0.2, 0) is 6.42 Å². The van der Waals surface area contributed by atoms with Crippen molar-refractivity contribution in [3.63, 3.8) is 0 Å². The van der Waals surface area contributed by atoms with Crippen LogP contribution in [0.2, 0.25) is 0 Å². The molecule has 2 amide bonds. The zero-order valence-corrected chi connectivity index (χ0v) is 16.2. The Hall–Kier alpha value is -3.42. The van der Waals surface area contributed by atoms with Gasteiger partial charge >= 0.3 is 6.03 Å². The zero-order valence-electron chi connectivity index (χ0n) is 16.2. The lowest BCUT2D eigenvalue weighted by atomic mass is 10.1. The van der Waals surface area contributed by atoms with E-state index in [1.54, 1.807) is 12.1 Å². The van der Waals surface area contributed by atoms with Crippen molar-refractivity contribution in [1.29, 1.82) is 0 Å². The molecule has 1 aliphatic carbocycles. The van der Waals surface area contributed by atoms with Crippen LogP contribution in [0.15, 0.2) is 48.5 Å². The number of anilines is 1. The van der Waals surface area contributed by atoms with E-state index in [-0.39, 0.29) is 17.8 Å². The van der Waals surface area contributed by atoms with Crippen molar-refractivity contribution in [2.24, 2.45) is 0 Å². The number of aromatic nitrogens is 4. The molecule has 1 heterocycles. The minimum atomic E-state index is -0.237. The average Bonchev–Trinajstić information content (AvgIpc) is 3.44. The van der Waals surface area contributed by atoms with Crippen LogP contribution in [0.1, 0.15) is 37.8 Å². The fourth-order valence-electron chi connectivity index (χ4n) is 3.16. The molecule has 0 aliphatic heterocycles. The van der Waals surface area contributed by atoms with E-state index >= 15 is 0 Å². The van der Waals surface area contributed by atoms with Crippen molar-refractivity contribution >= 4 is 11.7 Å². The van der Waals surface area contributed by atoms with Crippen molar-refractivity contribution in [3.8, 4) is 17.1 Å². The summed E-state index contributed by atoms with van der Waals surface area (Å²) < 4.78 is 1.87. The first kappa shape index (κ1) is 18.9. The number of amides is 2. The minimum Gasteiger partial charge on any atom is -0.508 e. The molecule has 8 nitrogen and oxygen atoms in total. The fraction of sp³-hybridized carbons (Fsp3) is 0.333. The Morgan fingerprint density at radius 3 is 2.59 bits per heavy atom. The second-order valence-electron chi connectivity index (χ2n) is 7.46. The Bertz CT molecular complexity index is 964. The second-order valence-corrected chi connectivity index (χ2v) is 7.46. The zero-order chi connectivity index (χ0) is 20.2. The van der Waals surface area contributed by atoms with Gasteiger partial charge in [-0.2, -0.15) is 0 Å². The maximum absolute atomic E-state index is 12.3. The van der Waals surface area contributed by atoms with Crippen molar-refractivity contribution in [1.82, 2.24) is 25.5 Å². The number of carbonyl (C=O) groups excluding carboxylic acids is 1. The van der Waals surface area contributed by atoms with Crippen LogP contribution in [0.5, 0.6) is 5.75 Å². The standard InChI is InChI=1S/C21H24N6O2/c1-14(2-3-15-4-12-19(28)13-5-15)22-21(29)23-17-8-6-16(7-9-17)20-24-25-26-27(20)18-10-11-18/h4-9,12-14,18,28H,2-3,10-11H2,1H3,(H2,22,23,29)/t14-/m0/s1. The lowest BCUT2D eigenvalue weighted by molar-refractivity contribution is 0.248. The van der Waals surface area contributed by atoms with Crippen LogP contribution in [0.25, 0.3) is 11.4 Å². The summed E-state index contributed by atoms with van der Waals surface area (Å²) in [4.78, 5) is 12.3.